The van der Waals surface area contributed by atoms with Crippen molar-refractivity contribution in [3.63, 3.8) is 0 Å². The van der Waals surface area contributed by atoms with Crippen LogP contribution in [-0.2, 0) is 9.53 Å². The van der Waals surface area contributed by atoms with E-state index in [2.05, 4.69) is 9.98 Å². The van der Waals surface area contributed by atoms with E-state index in [9.17, 15) is 4.79 Å². The molecule has 1 aromatic rings. The number of carbonyl (C=O) groups is 1. The summed E-state index contributed by atoms with van der Waals surface area (Å²) in [6.07, 6.45) is 1.17. The Morgan fingerprint density at radius 2 is 2.33 bits per heavy atom. The summed E-state index contributed by atoms with van der Waals surface area (Å²) in [5.41, 5.74) is 0.563. The third kappa shape index (κ3) is 1.81. The van der Waals surface area contributed by atoms with E-state index in [1.165, 1.54) is 0 Å². The van der Waals surface area contributed by atoms with Crippen molar-refractivity contribution in [2.75, 3.05) is 0 Å². The molecule has 0 fully saturated rings. The number of aliphatic carboxylic acids is 1. The molecule has 2 rings (SSSR count). The standard InChI is InChI=1S/C10H10N2O3/c1-6-8(10(13)14)12-9(15-6)7-4-2-3-5-11-7/h2-6,8H,1H3,(H,13,14)/t6-,8-/m0/s1. The molecule has 5 heteroatoms. The summed E-state index contributed by atoms with van der Waals surface area (Å²) in [5, 5.41) is 8.84. The first-order valence-corrected chi connectivity index (χ1v) is 4.57. The highest BCUT2D eigenvalue weighted by Crippen LogP contribution is 2.16. The maximum absolute atomic E-state index is 10.8. The molecule has 2 atom stereocenters. The van der Waals surface area contributed by atoms with Crippen molar-refractivity contribution in [3.05, 3.63) is 30.1 Å². The van der Waals surface area contributed by atoms with Crippen LogP contribution in [0.3, 0.4) is 0 Å². The van der Waals surface area contributed by atoms with Crippen molar-refractivity contribution >= 4 is 11.9 Å². The number of nitrogens with zero attached hydrogens (tertiary/aromatic N) is 2. The Kier molecular flexibility index (Phi) is 2.37. The molecule has 0 saturated heterocycles. The van der Waals surface area contributed by atoms with E-state index in [-0.39, 0.29) is 0 Å². The van der Waals surface area contributed by atoms with Gasteiger partial charge in [0.2, 0.25) is 5.90 Å². The molecular weight excluding hydrogens is 196 g/mol. The molecule has 0 amide bonds. The molecule has 1 aromatic heterocycles. The smallest absolute Gasteiger partial charge is 0.332 e. The van der Waals surface area contributed by atoms with Gasteiger partial charge in [0.05, 0.1) is 0 Å². The van der Waals surface area contributed by atoms with Gasteiger partial charge in [0, 0.05) is 6.20 Å². The predicted octanol–water partition coefficient (Wildman–Crippen LogP) is 0.700. The van der Waals surface area contributed by atoms with Crippen LogP contribution in [0.4, 0.5) is 0 Å². The van der Waals surface area contributed by atoms with Gasteiger partial charge in [-0.15, -0.1) is 0 Å². The largest absolute Gasteiger partial charge is 0.480 e. The van der Waals surface area contributed by atoms with Crippen molar-refractivity contribution in [1.29, 1.82) is 0 Å². The maximum atomic E-state index is 10.8. The highest BCUT2D eigenvalue weighted by molar-refractivity contribution is 5.96. The van der Waals surface area contributed by atoms with E-state index in [1.54, 1.807) is 31.3 Å². The van der Waals surface area contributed by atoms with Crippen molar-refractivity contribution in [2.24, 2.45) is 4.99 Å². The first-order chi connectivity index (χ1) is 7.18. The minimum absolute atomic E-state index is 0.301. The molecule has 0 bridgehead atoms. The fourth-order valence-electron chi connectivity index (χ4n) is 1.37. The average molecular weight is 206 g/mol. The third-order valence-corrected chi connectivity index (χ3v) is 2.14. The van der Waals surface area contributed by atoms with Crippen LogP contribution in [-0.4, -0.2) is 34.1 Å². The molecular formula is C10H10N2O3. The number of aromatic nitrogens is 1. The van der Waals surface area contributed by atoms with Gasteiger partial charge in [0.25, 0.3) is 0 Å². The van der Waals surface area contributed by atoms with Crippen molar-refractivity contribution in [3.8, 4) is 0 Å². The third-order valence-electron chi connectivity index (χ3n) is 2.14. The van der Waals surface area contributed by atoms with Gasteiger partial charge in [-0.3, -0.25) is 4.98 Å². The van der Waals surface area contributed by atoms with E-state index in [0.717, 1.165) is 0 Å². The first kappa shape index (κ1) is 9.64. The Labute approximate surface area is 86.4 Å². The van der Waals surface area contributed by atoms with Crippen LogP contribution in [0.1, 0.15) is 12.6 Å². The molecule has 0 unspecified atom stereocenters. The van der Waals surface area contributed by atoms with E-state index >= 15 is 0 Å². The topological polar surface area (TPSA) is 71.8 Å². The number of hydrogen-bond acceptors (Lipinski definition) is 4. The van der Waals surface area contributed by atoms with Crippen LogP contribution in [0.5, 0.6) is 0 Å². The van der Waals surface area contributed by atoms with Gasteiger partial charge in [-0.05, 0) is 19.1 Å². The average Bonchev–Trinajstić information content (AvgIpc) is 2.62. The summed E-state index contributed by atoms with van der Waals surface area (Å²) in [7, 11) is 0. The van der Waals surface area contributed by atoms with Gasteiger partial charge in [-0.2, -0.15) is 0 Å². The highest BCUT2D eigenvalue weighted by atomic mass is 16.5. The number of ether oxygens (including phenoxy) is 1. The summed E-state index contributed by atoms with van der Waals surface area (Å²) in [6.45, 7) is 1.68. The SMILES string of the molecule is C[C@@H]1OC(c2ccccn2)=N[C@@H]1C(=O)O. The number of carboxylic acids is 1. The van der Waals surface area contributed by atoms with Gasteiger partial charge in [-0.1, -0.05) is 6.07 Å². The number of aliphatic imine (C=N–C) groups is 1. The van der Waals surface area contributed by atoms with Crippen LogP contribution >= 0.6 is 0 Å². The van der Waals surface area contributed by atoms with Crippen LogP contribution in [0.25, 0.3) is 0 Å². The van der Waals surface area contributed by atoms with Gasteiger partial charge >= 0.3 is 5.97 Å². The summed E-state index contributed by atoms with van der Waals surface area (Å²) >= 11 is 0. The second-order valence-corrected chi connectivity index (χ2v) is 3.26. The predicted molar refractivity (Wildman–Crippen MR) is 52.7 cm³/mol. The molecule has 15 heavy (non-hydrogen) atoms. The summed E-state index contributed by atoms with van der Waals surface area (Å²) < 4.78 is 5.33. The molecule has 2 heterocycles. The fourth-order valence-corrected chi connectivity index (χ4v) is 1.37. The molecule has 1 N–H and O–H groups in total. The summed E-state index contributed by atoms with van der Waals surface area (Å²) in [6, 6.07) is 4.47. The minimum atomic E-state index is -0.978. The van der Waals surface area contributed by atoms with Crippen molar-refractivity contribution in [2.45, 2.75) is 19.1 Å². The zero-order valence-corrected chi connectivity index (χ0v) is 8.12. The van der Waals surface area contributed by atoms with Crippen LogP contribution in [0, 0.1) is 0 Å². The van der Waals surface area contributed by atoms with E-state index < -0.39 is 18.1 Å². The van der Waals surface area contributed by atoms with E-state index in [4.69, 9.17) is 9.84 Å². The lowest BCUT2D eigenvalue weighted by Gasteiger charge is -2.07. The maximum Gasteiger partial charge on any atom is 0.332 e. The van der Waals surface area contributed by atoms with E-state index in [0.29, 0.717) is 11.6 Å². The molecule has 5 nitrogen and oxygen atoms in total. The fraction of sp³-hybridized carbons (Fsp3) is 0.300. The minimum Gasteiger partial charge on any atom is -0.480 e. The Morgan fingerprint density at radius 1 is 1.53 bits per heavy atom. The van der Waals surface area contributed by atoms with E-state index in [1.807, 2.05) is 0 Å². The molecule has 1 aliphatic heterocycles. The molecule has 78 valence electrons. The zero-order chi connectivity index (χ0) is 10.8. The van der Waals surface area contributed by atoms with Gasteiger partial charge in [0.1, 0.15) is 11.8 Å². The number of hydrogen-bond donors (Lipinski definition) is 1. The second kappa shape index (κ2) is 3.68. The lowest BCUT2D eigenvalue weighted by atomic mass is 10.2. The Hall–Kier alpha value is -1.91. The zero-order valence-electron chi connectivity index (χ0n) is 8.12. The van der Waals surface area contributed by atoms with Crippen molar-refractivity contribution < 1.29 is 14.6 Å². The Balaban J connectivity index is 2.27. The lowest BCUT2D eigenvalue weighted by molar-refractivity contribution is -0.139. The lowest BCUT2D eigenvalue weighted by Crippen LogP contribution is -2.27. The number of carboxylic acid groups (broad SMARTS) is 1. The molecule has 0 saturated carbocycles. The number of rotatable bonds is 2. The van der Waals surface area contributed by atoms with Gasteiger partial charge in [0.15, 0.2) is 6.04 Å². The number of pyridine rings is 1. The quantitative estimate of drug-likeness (QED) is 0.773. The molecule has 0 radical (unpaired) electrons. The normalized spacial score (nSPS) is 24.5. The highest BCUT2D eigenvalue weighted by Gasteiger charge is 2.33. The van der Waals surface area contributed by atoms with Gasteiger partial charge < -0.3 is 9.84 Å². The summed E-state index contributed by atoms with van der Waals surface area (Å²) in [5.74, 6) is -0.677. The second-order valence-electron chi connectivity index (χ2n) is 3.26. The molecule has 0 aliphatic carbocycles. The molecule has 1 aliphatic rings. The van der Waals surface area contributed by atoms with Crippen molar-refractivity contribution in [1.82, 2.24) is 4.98 Å². The van der Waals surface area contributed by atoms with Crippen LogP contribution in [0.2, 0.25) is 0 Å². The van der Waals surface area contributed by atoms with Crippen LogP contribution < -0.4 is 0 Å². The monoisotopic (exact) mass is 206 g/mol. The van der Waals surface area contributed by atoms with Gasteiger partial charge in [-0.25, -0.2) is 9.79 Å². The summed E-state index contributed by atoms with van der Waals surface area (Å²) in [4.78, 5) is 18.8. The first-order valence-electron chi connectivity index (χ1n) is 4.57. The molecule has 0 spiro atoms. The Morgan fingerprint density at radius 3 is 2.87 bits per heavy atom. The Bertz CT molecular complexity index is 402. The van der Waals surface area contributed by atoms with Crippen LogP contribution in [0.15, 0.2) is 29.4 Å². The molecule has 0 aromatic carbocycles.